The highest BCUT2D eigenvalue weighted by molar-refractivity contribution is 9.10. The molecule has 0 aliphatic rings. The van der Waals surface area contributed by atoms with Crippen molar-refractivity contribution >= 4 is 15.9 Å². The number of nitrogens with two attached hydrogens (primary N) is 1. The van der Waals surface area contributed by atoms with Crippen LogP contribution in [0.2, 0.25) is 0 Å². The van der Waals surface area contributed by atoms with Gasteiger partial charge < -0.3 is 10.5 Å². The molecule has 108 valence electrons. The van der Waals surface area contributed by atoms with E-state index in [-0.39, 0.29) is 6.04 Å². The molecule has 0 spiro atoms. The Kier molecular flexibility index (Phi) is 5.86. The highest BCUT2D eigenvalue weighted by atomic mass is 79.9. The Morgan fingerprint density at radius 2 is 1.90 bits per heavy atom. The molecule has 0 aromatic heterocycles. The highest BCUT2D eigenvalue weighted by Crippen LogP contribution is 2.29. The maximum absolute atomic E-state index is 5.88. The summed E-state index contributed by atoms with van der Waals surface area (Å²) in [4.78, 5) is 0. The van der Waals surface area contributed by atoms with Gasteiger partial charge in [-0.1, -0.05) is 42.2 Å². The second kappa shape index (κ2) is 7.87. The van der Waals surface area contributed by atoms with Gasteiger partial charge in [-0.2, -0.15) is 0 Å². The molecule has 2 N–H and O–H groups in total. The van der Waals surface area contributed by atoms with Crippen molar-refractivity contribution in [3.8, 4) is 17.6 Å². The van der Waals surface area contributed by atoms with E-state index < -0.39 is 0 Å². The maximum atomic E-state index is 5.88. The van der Waals surface area contributed by atoms with Gasteiger partial charge in [-0.15, -0.1) is 0 Å². The van der Waals surface area contributed by atoms with Gasteiger partial charge in [-0.25, -0.2) is 0 Å². The van der Waals surface area contributed by atoms with Gasteiger partial charge >= 0.3 is 0 Å². The third-order valence-corrected chi connectivity index (χ3v) is 3.51. The average Bonchev–Trinajstić information content (AvgIpc) is 2.46. The minimum absolute atomic E-state index is 0.0945. The van der Waals surface area contributed by atoms with Crippen molar-refractivity contribution in [3.05, 3.63) is 64.1 Å². The van der Waals surface area contributed by atoms with Crippen LogP contribution < -0.4 is 10.5 Å². The van der Waals surface area contributed by atoms with Crippen LogP contribution >= 0.6 is 15.9 Å². The van der Waals surface area contributed by atoms with E-state index in [1.807, 2.05) is 55.5 Å². The molecule has 1 atom stereocenters. The molecule has 0 saturated carbocycles. The van der Waals surface area contributed by atoms with Crippen LogP contribution in [0.3, 0.4) is 0 Å². The van der Waals surface area contributed by atoms with Crippen molar-refractivity contribution in [1.29, 1.82) is 0 Å². The van der Waals surface area contributed by atoms with E-state index in [9.17, 15) is 0 Å². The average molecular weight is 344 g/mol. The van der Waals surface area contributed by atoms with E-state index in [4.69, 9.17) is 10.5 Å². The van der Waals surface area contributed by atoms with Crippen molar-refractivity contribution in [1.82, 2.24) is 0 Å². The van der Waals surface area contributed by atoms with Crippen molar-refractivity contribution in [2.45, 2.75) is 19.4 Å². The molecule has 0 fully saturated rings. The van der Waals surface area contributed by atoms with Gasteiger partial charge in [0.05, 0.1) is 4.47 Å². The lowest BCUT2D eigenvalue weighted by Crippen LogP contribution is -2.18. The predicted molar refractivity (Wildman–Crippen MR) is 90.3 cm³/mol. The maximum Gasteiger partial charge on any atom is 0.149 e. The van der Waals surface area contributed by atoms with Crippen molar-refractivity contribution in [2.75, 3.05) is 6.61 Å². The van der Waals surface area contributed by atoms with E-state index >= 15 is 0 Å². The normalized spacial score (nSPS) is 11.4. The number of para-hydroxylation sites is 1. The van der Waals surface area contributed by atoms with Crippen LogP contribution in [-0.2, 0) is 6.42 Å². The lowest BCUT2D eigenvalue weighted by atomic mass is 10.1. The molecule has 2 nitrogen and oxygen atoms in total. The minimum Gasteiger partial charge on any atom is -0.479 e. The first-order chi connectivity index (χ1) is 10.2. The molecular formula is C18H18BrNO. The molecule has 0 saturated heterocycles. The molecule has 0 heterocycles. The third-order valence-electron chi connectivity index (χ3n) is 2.89. The first kappa shape index (κ1) is 15.6. The fraction of sp³-hybridized carbons (Fsp3) is 0.222. The molecule has 1 unspecified atom stereocenters. The molecule has 21 heavy (non-hydrogen) atoms. The second-order valence-electron chi connectivity index (χ2n) is 4.87. The van der Waals surface area contributed by atoms with Crippen molar-refractivity contribution in [2.24, 2.45) is 5.73 Å². The first-order valence-corrected chi connectivity index (χ1v) is 7.66. The molecule has 0 aliphatic heterocycles. The largest absolute Gasteiger partial charge is 0.479 e. The zero-order valence-electron chi connectivity index (χ0n) is 12.0. The van der Waals surface area contributed by atoms with Crippen LogP contribution in [0.4, 0.5) is 0 Å². The Morgan fingerprint density at radius 3 is 2.62 bits per heavy atom. The summed E-state index contributed by atoms with van der Waals surface area (Å²) in [6, 6.07) is 16.0. The van der Waals surface area contributed by atoms with Crippen LogP contribution in [0.5, 0.6) is 5.75 Å². The SMILES string of the molecule is CC(N)Cc1cccc(Br)c1OCC#Cc1ccccc1. The molecule has 0 bridgehead atoms. The third kappa shape index (κ3) is 4.93. The fourth-order valence-electron chi connectivity index (χ4n) is 1.99. The van der Waals surface area contributed by atoms with E-state index in [1.54, 1.807) is 0 Å². The van der Waals surface area contributed by atoms with Crippen molar-refractivity contribution in [3.63, 3.8) is 0 Å². The summed E-state index contributed by atoms with van der Waals surface area (Å²) in [6.07, 6.45) is 0.779. The summed E-state index contributed by atoms with van der Waals surface area (Å²) in [5.41, 5.74) is 7.96. The zero-order valence-corrected chi connectivity index (χ0v) is 13.6. The van der Waals surface area contributed by atoms with Gasteiger partial charge in [0.1, 0.15) is 12.4 Å². The highest BCUT2D eigenvalue weighted by Gasteiger charge is 2.09. The summed E-state index contributed by atoms with van der Waals surface area (Å²) in [7, 11) is 0. The van der Waals surface area contributed by atoms with Crippen LogP contribution in [-0.4, -0.2) is 12.6 Å². The van der Waals surface area contributed by atoms with E-state index in [0.717, 1.165) is 27.8 Å². The number of rotatable bonds is 4. The van der Waals surface area contributed by atoms with Gasteiger partial charge in [-0.3, -0.25) is 0 Å². The van der Waals surface area contributed by atoms with E-state index in [2.05, 4.69) is 27.8 Å². The number of halogens is 1. The van der Waals surface area contributed by atoms with Crippen molar-refractivity contribution < 1.29 is 4.74 Å². The minimum atomic E-state index is 0.0945. The molecular weight excluding hydrogens is 326 g/mol. The van der Waals surface area contributed by atoms with Crippen LogP contribution in [0.25, 0.3) is 0 Å². The Morgan fingerprint density at radius 1 is 1.14 bits per heavy atom. The standard InChI is InChI=1S/C18H18BrNO/c1-14(20)13-16-10-5-11-17(19)18(16)21-12-6-9-15-7-3-2-4-8-15/h2-5,7-8,10-11,14H,12-13,20H2,1H3. The molecule has 2 aromatic carbocycles. The lowest BCUT2D eigenvalue weighted by molar-refractivity contribution is 0.362. The Labute approximate surface area is 134 Å². The molecule has 0 aliphatic carbocycles. The Hall–Kier alpha value is -1.76. The Bertz CT molecular complexity index is 641. The summed E-state index contributed by atoms with van der Waals surface area (Å²) in [5, 5.41) is 0. The summed E-state index contributed by atoms with van der Waals surface area (Å²) in [6.45, 7) is 2.34. The predicted octanol–water partition coefficient (Wildman–Crippen LogP) is 3.77. The van der Waals surface area contributed by atoms with Gasteiger partial charge in [0.2, 0.25) is 0 Å². The number of hydrogen-bond donors (Lipinski definition) is 1. The van der Waals surface area contributed by atoms with Gasteiger partial charge in [0, 0.05) is 11.6 Å². The molecule has 0 amide bonds. The smallest absolute Gasteiger partial charge is 0.149 e. The van der Waals surface area contributed by atoms with Gasteiger partial charge in [0.25, 0.3) is 0 Å². The zero-order chi connectivity index (χ0) is 15.1. The second-order valence-corrected chi connectivity index (χ2v) is 5.72. The summed E-state index contributed by atoms with van der Waals surface area (Å²) < 4.78 is 6.75. The van der Waals surface area contributed by atoms with Crippen LogP contribution in [0.15, 0.2) is 53.0 Å². The summed E-state index contributed by atoms with van der Waals surface area (Å²) in [5.74, 6) is 6.94. The number of hydrogen-bond acceptors (Lipinski definition) is 2. The summed E-state index contributed by atoms with van der Waals surface area (Å²) >= 11 is 3.52. The number of ether oxygens (including phenoxy) is 1. The first-order valence-electron chi connectivity index (χ1n) is 6.86. The number of benzene rings is 2. The van der Waals surface area contributed by atoms with Crippen LogP contribution in [0, 0.1) is 11.8 Å². The quantitative estimate of drug-likeness (QED) is 0.857. The fourth-order valence-corrected chi connectivity index (χ4v) is 2.51. The molecule has 2 rings (SSSR count). The Balaban J connectivity index is 2.05. The molecule has 0 radical (unpaired) electrons. The monoisotopic (exact) mass is 343 g/mol. The molecule has 3 heteroatoms. The van der Waals surface area contributed by atoms with Crippen LogP contribution in [0.1, 0.15) is 18.1 Å². The lowest BCUT2D eigenvalue weighted by Gasteiger charge is -2.13. The molecule has 2 aromatic rings. The van der Waals surface area contributed by atoms with E-state index in [0.29, 0.717) is 6.61 Å². The topological polar surface area (TPSA) is 35.2 Å². The van der Waals surface area contributed by atoms with E-state index in [1.165, 1.54) is 0 Å². The van der Waals surface area contributed by atoms with Gasteiger partial charge in [-0.05, 0) is 53.0 Å². The van der Waals surface area contributed by atoms with Gasteiger partial charge in [0.15, 0.2) is 0 Å².